The highest BCUT2D eigenvalue weighted by Gasteiger charge is 2.22. The zero-order chi connectivity index (χ0) is 15.5. The van der Waals surface area contributed by atoms with Gasteiger partial charge in [-0.2, -0.15) is 0 Å². The summed E-state index contributed by atoms with van der Waals surface area (Å²) < 4.78 is 18.4. The standard InChI is InChI=1S/C17H22FN3O/c1-12(19)13-6-8-21(9-7-13)10-16-11-22-17(20-16)14-2-4-15(18)5-3-14/h2-5,11-13H,6-10,19H2,1H3. The quantitative estimate of drug-likeness (QED) is 0.943. The highest BCUT2D eigenvalue weighted by molar-refractivity contribution is 5.52. The molecule has 0 bridgehead atoms. The molecule has 1 aromatic carbocycles. The minimum Gasteiger partial charge on any atom is -0.444 e. The van der Waals surface area contributed by atoms with Crippen LogP contribution in [0.5, 0.6) is 0 Å². The van der Waals surface area contributed by atoms with Crippen LogP contribution in [0.4, 0.5) is 4.39 Å². The zero-order valence-corrected chi connectivity index (χ0v) is 12.8. The molecule has 1 atom stereocenters. The van der Waals surface area contributed by atoms with Gasteiger partial charge in [-0.3, -0.25) is 4.90 Å². The van der Waals surface area contributed by atoms with Gasteiger partial charge >= 0.3 is 0 Å². The average Bonchev–Trinajstić information content (AvgIpc) is 2.97. The molecule has 5 heteroatoms. The fourth-order valence-corrected chi connectivity index (χ4v) is 2.97. The molecule has 1 aliphatic rings. The van der Waals surface area contributed by atoms with Crippen LogP contribution in [0.3, 0.4) is 0 Å². The first-order valence-corrected chi connectivity index (χ1v) is 7.80. The second kappa shape index (κ2) is 6.58. The topological polar surface area (TPSA) is 55.3 Å². The molecule has 0 amide bonds. The molecule has 22 heavy (non-hydrogen) atoms. The maximum absolute atomic E-state index is 12.9. The minimum atomic E-state index is -0.257. The number of likely N-dealkylation sites (tertiary alicyclic amines) is 1. The van der Waals surface area contributed by atoms with Gasteiger partial charge in [-0.25, -0.2) is 9.37 Å². The summed E-state index contributed by atoms with van der Waals surface area (Å²) in [5, 5.41) is 0. The number of nitrogens with two attached hydrogens (primary N) is 1. The van der Waals surface area contributed by atoms with E-state index in [1.165, 1.54) is 12.1 Å². The number of piperidine rings is 1. The Morgan fingerprint density at radius 3 is 2.64 bits per heavy atom. The number of hydrogen-bond acceptors (Lipinski definition) is 4. The molecule has 0 saturated carbocycles. The Hall–Kier alpha value is -1.72. The molecule has 1 fully saturated rings. The van der Waals surface area contributed by atoms with Gasteiger partial charge in [0.2, 0.25) is 5.89 Å². The first-order valence-electron chi connectivity index (χ1n) is 7.80. The molecule has 1 aromatic heterocycles. The van der Waals surface area contributed by atoms with Crippen molar-refractivity contribution in [2.75, 3.05) is 13.1 Å². The van der Waals surface area contributed by atoms with Gasteiger partial charge < -0.3 is 10.2 Å². The van der Waals surface area contributed by atoms with E-state index < -0.39 is 0 Å². The van der Waals surface area contributed by atoms with Crippen LogP contribution in [-0.2, 0) is 6.54 Å². The Morgan fingerprint density at radius 1 is 1.32 bits per heavy atom. The Balaban J connectivity index is 1.59. The summed E-state index contributed by atoms with van der Waals surface area (Å²) >= 11 is 0. The van der Waals surface area contributed by atoms with Crippen molar-refractivity contribution in [3.8, 4) is 11.5 Å². The van der Waals surface area contributed by atoms with Crippen LogP contribution in [0.1, 0.15) is 25.5 Å². The highest BCUT2D eigenvalue weighted by atomic mass is 19.1. The summed E-state index contributed by atoms with van der Waals surface area (Å²) in [6.45, 7) is 4.97. The van der Waals surface area contributed by atoms with Crippen molar-refractivity contribution in [3.63, 3.8) is 0 Å². The Bertz CT molecular complexity index is 601. The van der Waals surface area contributed by atoms with Gasteiger partial charge in [-0.15, -0.1) is 0 Å². The number of hydrogen-bond donors (Lipinski definition) is 1. The van der Waals surface area contributed by atoms with E-state index in [1.807, 2.05) is 0 Å². The van der Waals surface area contributed by atoms with E-state index in [2.05, 4.69) is 16.8 Å². The lowest BCUT2D eigenvalue weighted by Gasteiger charge is -2.33. The predicted molar refractivity (Wildman–Crippen MR) is 83.5 cm³/mol. The van der Waals surface area contributed by atoms with Crippen molar-refractivity contribution >= 4 is 0 Å². The number of nitrogens with zero attached hydrogens (tertiary/aromatic N) is 2. The van der Waals surface area contributed by atoms with E-state index in [4.69, 9.17) is 10.2 Å². The van der Waals surface area contributed by atoms with Gasteiger partial charge in [-0.05, 0) is 63.0 Å². The van der Waals surface area contributed by atoms with Crippen LogP contribution < -0.4 is 5.73 Å². The number of benzene rings is 1. The second-order valence-corrected chi connectivity index (χ2v) is 6.12. The second-order valence-electron chi connectivity index (χ2n) is 6.12. The fourth-order valence-electron chi connectivity index (χ4n) is 2.97. The van der Waals surface area contributed by atoms with Crippen LogP contribution >= 0.6 is 0 Å². The number of oxazole rings is 1. The molecule has 1 saturated heterocycles. The van der Waals surface area contributed by atoms with Crippen molar-refractivity contribution in [1.82, 2.24) is 9.88 Å². The molecule has 3 rings (SSSR count). The largest absolute Gasteiger partial charge is 0.444 e. The molecule has 2 heterocycles. The Kier molecular flexibility index (Phi) is 4.55. The van der Waals surface area contributed by atoms with Crippen molar-refractivity contribution in [2.24, 2.45) is 11.7 Å². The highest BCUT2D eigenvalue weighted by Crippen LogP contribution is 2.23. The van der Waals surface area contributed by atoms with E-state index in [-0.39, 0.29) is 11.9 Å². The molecule has 2 aromatic rings. The molecule has 1 unspecified atom stereocenters. The predicted octanol–water partition coefficient (Wildman–Crippen LogP) is 3.04. The van der Waals surface area contributed by atoms with Crippen molar-refractivity contribution in [2.45, 2.75) is 32.4 Å². The molecule has 1 aliphatic heterocycles. The van der Waals surface area contributed by atoms with Crippen LogP contribution in [0.25, 0.3) is 11.5 Å². The van der Waals surface area contributed by atoms with Gasteiger partial charge in [0.05, 0.1) is 5.69 Å². The normalized spacial score (nSPS) is 18.5. The first-order chi connectivity index (χ1) is 10.6. The molecular formula is C17H22FN3O. The van der Waals surface area contributed by atoms with E-state index in [0.717, 1.165) is 43.7 Å². The summed E-state index contributed by atoms with van der Waals surface area (Å²) in [6, 6.07) is 6.47. The van der Waals surface area contributed by atoms with Gasteiger partial charge in [0.15, 0.2) is 0 Å². The van der Waals surface area contributed by atoms with Crippen molar-refractivity contribution in [3.05, 3.63) is 42.0 Å². The van der Waals surface area contributed by atoms with Crippen LogP contribution in [0, 0.1) is 11.7 Å². The number of halogens is 1. The van der Waals surface area contributed by atoms with E-state index in [0.29, 0.717) is 11.8 Å². The summed E-state index contributed by atoms with van der Waals surface area (Å²) in [5.74, 6) is 0.913. The van der Waals surface area contributed by atoms with E-state index in [9.17, 15) is 4.39 Å². The molecule has 4 nitrogen and oxygen atoms in total. The first kappa shape index (κ1) is 15.2. The minimum absolute atomic E-state index is 0.257. The smallest absolute Gasteiger partial charge is 0.226 e. The van der Waals surface area contributed by atoms with Gasteiger partial charge in [0.25, 0.3) is 0 Å². The fraction of sp³-hybridized carbons (Fsp3) is 0.471. The number of rotatable bonds is 4. The SMILES string of the molecule is CC(N)C1CCN(Cc2coc(-c3ccc(F)cc3)n2)CC1. The average molecular weight is 303 g/mol. The van der Waals surface area contributed by atoms with Crippen molar-refractivity contribution < 1.29 is 8.81 Å². The van der Waals surface area contributed by atoms with Crippen LogP contribution in [0.15, 0.2) is 34.9 Å². The summed E-state index contributed by atoms with van der Waals surface area (Å²) in [6.07, 6.45) is 3.97. The van der Waals surface area contributed by atoms with Gasteiger partial charge in [0, 0.05) is 18.2 Å². The van der Waals surface area contributed by atoms with Gasteiger partial charge in [0.1, 0.15) is 12.1 Å². The summed E-state index contributed by atoms with van der Waals surface area (Å²) in [4.78, 5) is 6.88. The third-order valence-corrected chi connectivity index (χ3v) is 4.40. The molecule has 0 spiro atoms. The maximum atomic E-state index is 12.9. The third kappa shape index (κ3) is 3.54. The lowest BCUT2D eigenvalue weighted by Crippen LogP contribution is -2.39. The summed E-state index contributed by atoms with van der Waals surface area (Å²) in [5.41, 5.74) is 7.68. The third-order valence-electron chi connectivity index (χ3n) is 4.40. The lowest BCUT2D eigenvalue weighted by molar-refractivity contribution is 0.164. The van der Waals surface area contributed by atoms with Crippen LogP contribution in [-0.4, -0.2) is 29.0 Å². The monoisotopic (exact) mass is 303 g/mol. The van der Waals surface area contributed by atoms with Gasteiger partial charge in [-0.1, -0.05) is 0 Å². The zero-order valence-electron chi connectivity index (χ0n) is 12.8. The Labute approximate surface area is 130 Å². The van der Waals surface area contributed by atoms with Crippen LogP contribution in [0.2, 0.25) is 0 Å². The molecule has 0 aliphatic carbocycles. The molecule has 118 valence electrons. The lowest BCUT2D eigenvalue weighted by atomic mass is 9.91. The van der Waals surface area contributed by atoms with E-state index >= 15 is 0 Å². The summed E-state index contributed by atoms with van der Waals surface area (Å²) in [7, 11) is 0. The molecule has 0 radical (unpaired) electrons. The van der Waals surface area contributed by atoms with E-state index in [1.54, 1.807) is 18.4 Å². The Morgan fingerprint density at radius 2 is 2.00 bits per heavy atom. The number of aromatic nitrogens is 1. The van der Waals surface area contributed by atoms with Crippen molar-refractivity contribution in [1.29, 1.82) is 0 Å². The molecular weight excluding hydrogens is 281 g/mol. The molecule has 2 N–H and O–H groups in total. The maximum Gasteiger partial charge on any atom is 0.226 e.